The summed E-state index contributed by atoms with van der Waals surface area (Å²) >= 11 is 0. The van der Waals surface area contributed by atoms with Gasteiger partial charge in [0.25, 0.3) is 5.91 Å². The lowest BCUT2D eigenvalue weighted by Gasteiger charge is -2.18. The summed E-state index contributed by atoms with van der Waals surface area (Å²) < 4.78 is 0. The summed E-state index contributed by atoms with van der Waals surface area (Å²) in [4.78, 5) is 17.7. The first kappa shape index (κ1) is 12.6. The largest absolute Gasteiger partial charge is 0.342 e. The third-order valence-electron chi connectivity index (χ3n) is 2.42. The van der Waals surface area contributed by atoms with Gasteiger partial charge in [0.15, 0.2) is 0 Å². The van der Waals surface area contributed by atoms with Gasteiger partial charge in [-0.05, 0) is 32.4 Å². The van der Waals surface area contributed by atoms with Gasteiger partial charge in [0.1, 0.15) is 0 Å². The number of carbonyl (C=O) groups is 1. The van der Waals surface area contributed by atoms with Gasteiger partial charge in [0, 0.05) is 31.5 Å². The monoisotopic (exact) mass is 221 g/mol. The molecule has 4 nitrogen and oxygen atoms in total. The molecule has 0 fully saturated rings. The molecule has 1 atom stereocenters. The molecule has 1 rings (SSSR count). The van der Waals surface area contributed by atoms with E-state index in [9.17, 15) is 4.79 Å². The quantitative estimate of drug-likeness (QED) is 0.831. The second kappa shape index (κ2) is 5.61. The third-order valence-corrected chi connectivity index (χ3v) is 2.42. The van der Waals surface area contributed by atoms with Gasteiger partial charge >= 0.3 is 0 Å². The van der Waals surface area contributed by atoms with E-state index in [0.29, 0.717) is 12.1 Å². The van der Waals surface area contributed by atoms with Crippen molar-refractivity contribution in [3.8, 4) is 0 Å². The normalized spacial score (nSPS) is 12.2. The molecular formula is C12H19N3O. The number of carbonyl (C=O) groups excluding carboxylic acids is 1. The fourth-order valence-corrected chi connectivity index (χ4v) is 1.31. The van der Waals surface area contributed by atoms with Crippen molar-refractivity contribution in [3.05, 3.63) is 29.6 Å². The average molecular weight is 221 g/mol. The Bertz CT molecular complexity index is 346. The zero-order valence-electron chi connectivity index (χ0n) is 10.1. The van der Waals surface area contributed by atoms with Crippen molar-refractivity contribution in [2.24, 2.45) is 5.73 Å². The van der Waals surface area contributed by atoms with Crippen molar-refractivity contribution in [1.29, 1.82) is 0 Å². The molecule has 88 valence electrons. The smallest absolute Gasteiger partial charge is 0.255 e. The lowest BCUT2D eigenvalue weighted by molar-refractivity contribution is 0.0791. The Hall–Kier alpha value is -1.42. The Morgan fingerprint density at radius 2 is 2.25 bits per heavy atom. The van der Waals surface area contributed by atoms with E-state index < -0.39 is 0 Å². The van der Waals surface area contributed by atoms with E-state index in [1.807, 2.05) is 19.9 Å². The lowest BCUT2D eigenvalue weighted by atomic mass is 10.2. The molecule has 1 aromatic heterocycles. The van der Waals surface area contributed by atoms with Crippen LogP contribution in [0.15, 0.2) is 18.3 Å². The van der Waals surface area contributed by atoms with Crippen LogP contribution in [0.25, 0.3) is 0 Å². The summed E-state index contributed by atoms with van der Waals surface area (Å²) in [5.41, 5.74) is 7.18. The van der Waals surface area contributed by atoms with Crippen molar-refractivity contribution in [3.63, 3.8) is 0 Å². The van der Waals surface area contributed by atoms with Crippen LogP contribution in [0.4, 0.5) is 0 Å². The Morgan fingerprint density at radius 1 is 1.56 bits per heavy atom. The second-order valence-corrected chi connectivity index (χ2v) is 4.18. The van der Waals surface area contributed by atoms with E-state index >= 15 is 0 Å². The van der Waals surface area contributed by atoms with E-state index in [1.165, 1.54) is 0 Å². The number of aromatic nitrogens is 1. The van der Waals surface area contributed by atoms with E-state index in [1.54, 1.807) is 24.2 Å². The van der Waals surface area contributed by atoms with Crippen LogP contribution in [0.3, 0.4) is 0 Å². The predicted octanol–water partition coefficient (Wildman–Crippen LogP) is 1.20. The number of aryl methyl sites for hydroxylation is 1. The summed E-state index contributed by atoms with van der Waals surface area (Å²) in [6.07, 6.45) is 2.42. The first-order chi connectivity index (χ1) is 7.50. The molecule has 0 aliphatic rings. The average Bonchev–Trinajstić information content (AvgIpc) is 2.26. The van der Waals surface area contributed by atoms with Gasteiger partial charge in [-0.2, -0.15) is 0 Å². The fraction of sp³-hybridized carbons (Fsp3) is 0.500. The molecule has 1 amide bonds. The molecule has 16 heavy (non-hydrogen) atoms. The molecular weight excluding hydrogens is 202 g/mol. The highest BCUT2D eigenvalue weighted by atomic mass is 16.2. The highest BCUT2D eigenvalue weighted by Crippen LogP contribution is 2.04. The van der Waals surface area contributed by atoms with Gasteiger partial charge < -0.3 is 10.6 Å². The standard InChI is InChI=1S/C12H19N3O/c1-9(13)6-7-15(3)12(16)11-5-4-10(2)14-8-11/h4-5,8-9H,6-7,13H2,1-3H3. The van der Waals surface area contributed by atoms with Crippen LogP contribution in [0, 0.1) is 6.92 Å². The Kier molecular flexibility index (Phi) is 4.43. The number of hydrogen-bond acceptors (Lipinski definition) is 3. The number of hydrogen-bond donors (Lipinski definition) is 1. The van der Waals surface area contributed by atoms with Crippen LogP contribution in [0.5, 0.6) is 0 Å². The highest BCUT2D eigenvalue weighted by Gasteiger charge is 2.11. The molecule has 0 saturated carbocycles. The number of nitrogens with two attached hydrogens (primary N) is 1. The van der Waals surface area contributed by atoms with Crippen LogP contribution in [0.1, 0.15) is 29.4 Å². The van der Waals surface area contributed by atoms with Crippen LogP contribution >= 0.6 is 0 Å². The van der Waals surface area contributed by atoms with Crippen LogP contribution < -0.4 is 5.73 Å². The summed E-state index contributed by atoms with van der Waals surface area (Å²) in [5, 5.41) is 0. The van der Waals surface area contributed by atoms with Crippen molar-refractivity contribution >= 4 is 5.91 Å². The first-order valence-electron chi connectivity index (χ1n) is 5.44. The Balaban J connectivity index is 2.60. The molecule has 2 N–H and O–H groups in total. The van der Waals surface area contributed by atoms with Crippen molar-refractivity contribution < 1.29 is 4.79 Å². The third kappa shape index (κ3) is 3.62. The maximum atomic E-state index is 11.9. The predicted molar refractivity (Wildman–Crippen MR) is 64.2 cm³/mol. The summed E-state index contributed by atoms with van der Waals surface area (Å²) in [5.74, 6) is -0.00634. The van der Waals surface area contributed by atoms with Crippen LogP contribution in [0.2, 0.25) is 0 Å². The van der Waals surface area contributed by atoms with Crippen LogP contribution in [-0.4, -0.2) is 35.4 Å². The number of rotatable bonds is 4. The highest BCUT2D eigenvalue weighted by molar-refractivity contribution is 5.93. The minimum atomic E-state index is -0.00634. The number of pyridine rings is 1. The Labute approximate surface area is 96.5 Å². The first-order valence-corrected chi connectivity index (χ1v) is 5.44. The van der Waals surface area contributed by atoms with E-state index in [4.69, 9.17) is 5.73 Å². The van der Waals surface area contributed by atoms with Gasteiger partial charge in [-0.1, -0.05) is 0 Å². The number of nitrogens with zero attached hydrogens (tertiary/aromatic N) is 2. The molecule has 0 aromatic carbocycles. The molecule has 1 aromatic rings. The van der Waals surface area contributed by atoms with E-state index in [2.05, 4.69) is 4.98 Å². The minimum Gasteiger partial charge on any atom is -0.342 e. The Morgan fingerprint density at radius 3 is 2.75 bits per heavy atom. The van der Waals surface area contributed by atoms with Crippen molar-refractivity contribution in [2.45, 2.75) is 26.3 Å². The maximum Gasteiger partial charge on any atom is 0.255 e. The topological polar surface area (TPSA) is 59.2 Å². The van der Waals surface area contributed by atoms with Crippen molar-refractivity contribution in [2.75, 3.05) is 13.6 Å². The zero-order valence-corrected chi connectivity index (χ0v) is 10.1. The van der Waals surface area contributed by atoms with Gasteiger partial charge in [-0.25, -0.2) is 0 Å². The molecule has 0 spiro atoms. The second-order valence-electron chi connectivity index (χ2n) is 4.18. The van der Waals surface area contributed by atoms with Gasteiger partial charge in [0.05, 0.1) is 5.56 Å². The zero-order chi connectivity index (χ0) is 12.1. The molecule has 0 aliphatic carbocycles. The number of amides is 1. The SMILES string of the molecule is Cc1ccc(C(=O)N(C)CCC(C)N)cn1. The molecule has 0 bridgehead atoms. The summed E-state index contributed by atoms with van der Waals surface area (Å²) in [6.45, 7) is 4.50. The molecule has 1 heterocycles. The van der Waals surface area contributed by atoms with E-state index in [-0.39, 0.29) is 11.9 Å². The molecule has 1 unspecified atom stereocenters. The minimum absolute atomic E-state index is 0.00634. The fourth-order valence-electron chi connectivity index (χ4n) is 1.31. The summed E-state index contributed by atoms with van der Waals surface area (Å²) in [7, 11) is 1.78. The lowest BCUT2D eigenvalue weighted by Crippen LogP contribution is -2.31. The van der Waals surface area contributed by atoms with Gasteiger partial charge in [-0.15, -0.1) is 0 Å². The maximum absolute atomic E-state index is 11.9. The van der Waals surface area contributed by atoms with Gasteiger partial charge in [-0.3, -0.25) is 9.78 Å². The molecule has 0 saturated heterocycles. The van der Waals surface area contributed by atoms with Crippen molar-refractivity contribution in [1.82, 2.24) is 9.88 Å². The molecule has 4 heteroatoms. The van der Waals surface area contributed by atoms with E-state index in [0.717, 1.165) is 12.1 Å². The molecule has 0 aliphatic heterocycles. The van der Waals surface area contributed by atoms with Gasteiger partial charge in [0.2, 0.25) is 0 Å². The molecule has 0 radical (unpaired) electrons. The summed E-state index contributed by atoms with van der Waals surface area (Å²) in [6, 6.07) is 3.76. The van der Waals surface area contributed by atoms with Crippen LogP contribution in [-0.2, 0) is 0 Å².